The molecule has 1 N–H and O–H groups in total. The van der Waals surface area contributed by atoms with Gasteiger partial charge in [-0.1, -0.05) is 6.92 Å². The molecule has 0 aliphatic carbocycles. The van der Waals surface area contributed by atoms with Crippen molar-refractivity contribution in [2.24, 2.45) is 21.5 Å². The maximum atomic E-state index is 5.36. The smallest absolute Gasteiger partial charge is 0.220 e. The first-order chi connectivity index (χ1) is 7.72. The third kappa shape index (κ3) is 1.75. The van der Waals surface area contributed by atoms with Crippen molar-refractivity contribution in [2.75, 3.05) is 20.2 Å². The standard InChI is InChI=1S/C12H21N3O/c1-4-12(2)10(14-15-11(12)16-3)9-5-7-13-8-6-9/h9,13H,4-8H2,1-3H3. The van der Waals surface area contributed by atoms with Gasteiger partial charge in [-0.3, -0.25) is 0 Å². The summed E-state index contributed by atoms with van der Waals surface area (Å²) in [6.07, 6.45) is 3.34. The van der Waals surface area contributed by atoms with Crippen LogP contribution in [0.4, 0.5) is 0 Å². The lowest BCUT2D eigenvalue weighted by Gasteiger charge is -2.32. The molecular weight excluding hydrogens is 202 g/mol. The minimum Gasteiger partial charge on any atom is -0.482 e. The Kier molecular flexibility index (Phi) is 3.28. The normalized spacial score (nSPS) is 31.2. The van der Waals surface area contributed by atoms with Crippen molar-refractivity contribution in [2.45, 2.75) is 33.1 Å². The maximum absolute atomic E-state index is 5.36. The van der Waals surface area contributed by atoms with Crippen molar-refractivity contribution in [3.63, 3.8) is 0 Å². The first-order valence-electron chi connectivity index (χ1n) is 6.13. The van der Waals surface area contributed by atoms with Crippen LogP contribution in [0.5, 0.6) is 0 Å². The van der Waals surface area contributed by atoms with Crippen molar-refractivity contribution in [3.8, 4) is 0 Å². The molecule has 2 rings (SSSR count). The number of nitrogens with one attached hydrogen (secondary N) is 1. The van der Waals surface area contributed by atoms with Gasteiger partial charge in [0, 0.05) is 5.92 Å². The third-order valence-electron chi connectivity index (χ3n) is 3.91. The highest BCUT2D eigenvalue weighted by molar-refractivity contribution is 6.12. The van der Waals surface area contributed by atoms with E-state index in [9.17, 15) is 0 Å². The highest BCUT2D eigenvalue weighted by atomic mass is 16.5. The van der Waals surface area contributed by atoms with Gasteiger partial charge in [0.25, 0.3) is 0 Å². The number of piperidine rings is 1. The van der Waals surface area contributed by atoms with Gasteiger partial charge in [-0.05, 0) is 39.3 Å². The molecule has 1 fully saturated rings. The Morgan fingerprint density at radius 3 is 2.62 bits per heavy atom. The predicted octanol–water partition coefficient (Wildman–Crippen LogP) is 1.82. The van der Waals surface area contributed by atoms with Gasteiger partial charge < -0.3 is 10.1 Å². The quantitative estimate of drug-likeness (QED) is 0.776. The Bertz CT molecular complexity index is 318. The molecule has 2 aliphatic heterocycles. The second-order valence-corrected chi connectivity index (χ2v) is 4.80. The Labute approximate surface area is 97.2 Å². The molecule has 4 heteroatoms. The molecule has 1 atom stereocenters. The zero-order valence-corrected chi connectivity index (χ0v) is 10.4. The van der Waals surface area contributed by atoms with Crippen LogP contribution in [-0.4, -0.2) is 31.8 Å². The molecule has 0 aromatic rings. The van der Waals surface area contributed by atoms with Crippen molar-refractivity contribution in [1.29, 1.82) is 0 Å². The van der Waals surface area contributed by atoms with E-state index in [1.54, 1.807) is 7.11 Å². The van der Waals surface area contributed by atoms with Gasteiger partial charge in [0.05, 0.1) is 18.2 Å². The maximum Gasteiger partial charge on any atom is 0.220 e. The first-order valence-corrected chi connectivity index (χ1v) is 6.13. The molecule has 0 radical (unpaired) electrons. The predicted molar refractivity (Wildman–Crippen MR) is 65.9 cm³/mol. The van der Waals surface area contributed by atoms with Gasteiger partial charge in [0.1, 0.15) is 0 Å². The molecule has 1 unspecified atom stereocenters. The van der Waals surface area contributed by atoms with E-state index in [1.807, 2.05) is 0 Å². The number of ether oxygens (including phenoxy) is 1. The SMILES string of the molecule is CCC1(C)C(OC)=NN=C1C1CCNCC1. The largest absolute Gasteiger partial charge is 0.482 e. The minimum absolute atomic E-state index is 0.0727. The van der Waals surface area contributed by atoms with Crippen LogP contribution in [0.15, 0.2) is 10.2 Å². The fourth-order valence-electron chi connectivity index (χ4n) is 2.66. The summed E-state index contributed by atoms with van der Waals surface area (Å²) in [6, 6.07) is 0. The van der Waals surface area contributed by atoms with Gasteiger partial charge in [0.2, 0.25) is 5.90 Å². The van der Waals surface area contributed by atoms with E-state index in [0.717, 1.165) is 25.4 Å². The topological polar surface area (TPSA) is 46.0 Å². The van der Waals surface area contributed by atoms with Crippen LogP contribution in [-0.2, 0) is 4.74 Å². The molecule has 0 spiro atoms. The molecule has 16 heavy (non-hydrogen) atoms. The summed E-state index contributed by atoms with van der Waals surface area (Å²) >= 11 is 0. The van der Waals surface area contributed by atoms with Gasteiger partial charge in [0.15, 0.2) is 0 Å². The lowest BCUT2D eigenvalue weighted by molar-refractivity contribution is 0.342. The summed E-state index contributed by atoms with van der Waals surface area (Å²) in [5.41, 5.74) is 1.16. The highest BCUT2D eigenvalue weighted by Crippen LogP contribution is 2.36. The fraction of sp³-hybridized carbons (Fsp3) is 0.833. The molecule has 0 saturated carbocycles. The molecule has 0 bridgehead atoms. The monoisotopic (exact) mass is 223 g/mol. The summed E-state index contributed by atoms with van der Waals surface area (Å²) < 4.78 is 5.36. The zero-order valence-electron chi connectivity index (χ0n) is 10.4. The van der Waals surface area contributed by atoms with E-state index in [2.05, 4.69) is 29.4 Å². The lowest BCUT2D eigenvalue weighted by atomic mass is 9.74. The molecule has 1 saturated heterocycles. The molecule has 0 aromatic heterocycles. The van der Waals surface area contributed by atoms with E-state index in [1.165, 1.54) is 18.6 Å². The number of rotatable bonds is 2. The van der Waals surface area contributed by atoms with E-state index in [0.29, 0.717) is 5.92 Å². The van der Waals surface area contributed by atoms with E-state index in [4.69, 9.17) is 4.74 Å². The molecule has 2 heterocycles. The van der Waals surface area contributed by atoms with Crippen LogP contribution in [0.25, 0.3) is 0 Å². The zero-order chi connectivity index (χ0) is 11.6. The summed E-state index contributed by atoms with van der Waals surface area (Å²) in [4.78, 5) is 0. The van der Waals surface area contributed by atoms with E-state index in [-0.39, 0.29) is 5.41 Å². The van der Waals surface area contributed by atoms with Gasteiger partial charge >= 0.3 is 0 Å². The van der Waals surface area contributed by atoms with Gasteiger partial charge in [-0.25, -0.2) is 0 Å². The van der Waals surface area contributed by atoms with Crippen molar-refractivity contribution < 1.29 is 4.74 Å². The van der Waals surface area contributed by atoms with Gasteiger partial charge in [-0.15, -0.1) is 5.10 Å². The molecule has 0 aromatic carbocycles. The average molecular weight is 223 g/mol. The summed E-state index contributed by atoms with van der Waals surface area (Å²) in [5.74, 6) is 1.35. The number of hydrogen-bond donors (Lipinski definition) is 1. The number of methoxy groups -OCH3 is 1. The Hall–Kier alpha value is -0.900. The first kappa shape index (κ1) is 11.6. The van der Waals surface area contributed by atoms with Crippen molar-refractivity contribution in [3.05, 3.63) is 0 Å². The summed E-state index contributed by atoms with van der Waals surface area (Å²) in [6.45, 7) is 6.55. The lowest BCUT2D eigenvalue weighted by Crippen LogP contribution is -2.41. The minimum atomic E-state index is -0.0727. The Morgan fingerprint density at radius 1 is 1.38 bits per heavy atom. The van der Waals surface area contributed by atoms with Crippen LogP contribution >= 0.6 is 0 Å². The van der Waals surface area contributed by atoms with Gasteiger partial charge in [-0.2, -0.15) is 5.10 Å². The van der Waals surface area contributed by atoms with Crippen LogP contribution in [0, 0.1) is 11.3 Å². The third-order valence-corrected chi connectivity index (χ3v) is 3.91. The number of hydrogen-bond acceptors (Lipinski definition) is 4. The fourth-order valence-corrected chi connectivity index (χ4v) is 2.66. The summed E-state index contributed by atoms with van der Waals surface area (Å²) in [7, 11) is 1.69. The molecular formula is C12H21N3O. The van der Waals surface area contributed by atoms with E-state index < -0.39 is 0 Å². The Morgan fingerprint density at radius 2 is 2.06 bits per heavy atom. The molecule has 4 nitrogen and oxygen atoms in total. The van der Waals surface area contributed by atoms with Crippen LogP contribution in [0.2, 0.25) is 0 Å². The molecule has 0 amide bonds. The average Bonchev–Trinajstić information content (AvgIpc) is 2.68. The van der Waals surface area contributed by atoms with Crippen molar-refractivity contribution >= 4 is 11.6 Å². The second-order valence-electron chi connectivity index (χ2n) is 4.80. The molecule has 90 valence electrons. The van der Waals surface area contributed by atoms with Crippen LogP contribution < -0.4 is 5.32 Å². The Balaban J connectivity index is 2.17. The van der Waals surface area contributed by atoms with Crippen molar-refractivity contribution in [1.82, 2.24) is 5.32 Å². The van der Waals surface area contributed by atoms with Crippen LogP contribution in [0.1, 0.15) is 33.1 Å². The van der Waals surface area contributed by atoms with E-state index >= 15 is 0 Å². The number of nitrogens with zero attached hydrogens (tertiary/aromatic N) is 2. The highest BCUT2D eigenvalue weighted by Gasteiger charge is 2.43. The molecule has 2 aliphatic rings. The van der Waals surface area contributed by atoms with Crippen LogP contribution in [0.3, 0.4) is 0 Å². The second kappa shape index (κ2) is 4.53. The summed E-state index contributed by atoms with van der Waals surface area (Å²) in [5, 5.41) is 12.0.